The number of rotatable bonds is 11. The molecular weight excluding hydrogens is 1010 g/mol. The first kappa shape index (κ1) is 52.6. The Bertz CT molecular complexity index is 2750. The summed E-state index contributed by atoms with van der Waals surface area (Å²) in [6.45, 7) is 7.71. The zero-order chi connectivity index (χ0) is 48.0. The van der Waals surface area contributed by atoms with Gasteiger partial charge >= 0.3 is 31.0 Å². The van der Waals surface area contributed by atoms with Gasteiger partial charge in [-0.25, -0.2) is 14.4 Å². The Kier molecular flexibility index (Phi) is 21.9. The van der Waals surface area contributed by atoms with Gasteiger partial charge in [-0.15, -0.1) is 0 Å². The number of ether oxygens (including phenoxy) is 3. The first-order valence-corrected chi connectivity index (χ1v) is 22.2. The second-order valence-electron chi connectivity index (χ2n) is 11.3. The van der Waals surface area contributed by atoms with E-state index in [0.717, 1.165) is 52.5 Å². The molecule has 0 atom stereocenters. The third kappa shape index (κ3) is 15.3. The lowest BCUT2D eigenvalue weighted by Crippen LogP contribution is -2.27. The lowest BCUT2D eigenvalue weighted by atomic mass is 9.83. The van der Waals surface area contributed by atoms with Gasteiger partial charge in [0.2, 0.25) is 10.9 Å². The van der Waals surface area contributed by atoms with Crippen LogP contribution in [0.1, 0.15) is 69.6 Å². The minimum absolute atomic E-state index is 0.0958. The SMILES string of the molecule is CC=[O+]C(=O)c1nsnc1-c1ccoc1Cl.CCOC(=O)c1nsnc1-c1ccoc1.CCOC(=O)c1nsnc1-c1coc(Cl)c1.CCOC(=O)c1nsnc1Cl.OB(O)c1ccoc1. The van der Waals surface area contributed by atoms with Crippen LogP contribution >= 0.6 is 81.7 Å². The molecule has 0 aliphatic heterocycles. The summed E-state index contributed by atoms with van der Waals surface area (Å²) in [5.74, 6) is -2.04. The summed E-state index contributed by atoms with van der Waals surface area (Å²) >= 11 is 20.7. The molecule has 0 aliphatic rings. The fraction of sp³-hybridized carbons (Fsp3) is 0.194. The van der Waals surface area contributed by atoms with Crippen molar-refractivity contribution in [3.8, 4) is 33.8 Å². The predicted molar refractivity (Wildman–Crippen MR) is 240 cm³/mol. The number of halogens is 3. The number of furan rings is 4. The van der Waals surface area contributed by atoms with Gasteiger partial charge in [-0.05, 0) is 62.2 Å². The number of aromatic nitrogens is 8. The molecule has 0 bridgehead atoms. The molecule has 0 aromatic carbocycles. The molecule has 66 heavy (non-hydrogen) atoms. The van der Waals surface area contributed by atoms with Crippen LogP contribution in [0.2, 0.25) is 15.6 Å². The summed E-state index contributed by atoms with van der Waals surface area (Å²) in [4.78, 5) is 45.4. The Morgan fingerprint density at radius 1 is 0.652 bits per heavy atom. The Morgan fingerprint density at radius 3 is 1.62 bits per heavy atom. The second kappa shape index (κ2) is 27.4. The maximum Gasteiger partial charge on any atom is 0.634 e. The maximum atomic E-state index is 11.5. The van der Waals surface area contributed by atoms with E-state index in [1.165, 1.54) is 49.9 Å². The summed E-state index contributed by atoms with van der Waals surface area (Å²) in [7, 11) is -1.41. The number of carbonyl (C=O) groups is 4. The Hall–Kier alpha value is -6.04. The molecule has 0 amide bonds. The molecule has 346 valence electrons. The molecule has 8 heterocycles. The smallest absolute Gasteiger partial charge is 0.473 e. The number of esters is 3. The maximum absolute atomic E-state index is 11.5. The van der Waals surface area contributed by atoms with Crippen LogP contribution in [-0.4, -0.2) is 102 Å². The monoisotopic (exact) mass is 1040 g/mol. The van der Waals surface area contributed by atoms with Crippen molar-refractivity contribution in [2.45, 2.75) is 27.7 Å². The van der Waals surface area contributed by atoms with E-state index in [-0.39, 0.29) is 38.4 Å². The Morgan fingerprint density at radius 2 is 1.18 bits per heavy atom. The molecule has 8 aromatic rings. The Balaban J connectivity index is 0.000000184. The molecule has 30 heteroatoms. The van der Waals surface area contributed by atoms with E-state index >= 15 is 0 Å². The van der Waals surface area contributed by atoms with Gasteiger partial charge in [0, 0.05) is 29.6 Å². The van der Waals surface area contributed by atoms with Crippen molar-refractivity contribution in [2.24, 2.45) is 0 Å². The second-order valence-corrected chi connectivity index (χ2v) is 14.5. The van der Waals surface area contributed by atoms with Crippen LogP contribution in [0.5, 0.6) is 0 Å². The molecule has 0 unspecified atom stereocenters. The largest absolute Gasteiger partial charge is 0.634 e. The van der Waals surface area contributed by atoms with Gasteiger partial charge in [-0.1, -0.05) is 11.6 Å². The highest BCUT2D eigenvalue weighted by molar-refractivity contribution is 7.00. The topological polar surface area (TPSA) is 303 Å². The van der Waals surface area contributed by atoms with Crippen molar-refractivity contribution < 1.29 is 65.5 Å². The van der Waals surface area contributed by atoms with Crippen molar-refractivity contribution in [1.82, 2.24) is 35.0 Å². The average Bonchev–Trinajstić information content (AvgIpc) is 4.15. The minimum Gasteiger partial charge on any atom is -0.473 e. The normalized spacial score (nSPS) is 10.3. The van der Waals surface area contributed by atoms with Crippen LogP contribution in [0, 0.1) is 0 Å². The van der Waals surface area contributed by atoms with Crippen molar-refractivity contribution >= 4 is 124 Å². The van der Waals surface area contributed by atoms with Gasteiger partial charge in [-0.2, -0.15) is 35.0 Å². The van der Waals surface area contributed by atoms with Crippen LogP contribution in [0.15, 0.2) is 79.5 Å². The quantitative estimate of drug-likeness (QED) is 0.0423. The highest BCUT2D eigenvalue weighted by atomic mass is 35.5. The Labute approximate surface area is 404 Å². The van der Waals surface area contributed by atoms with Crippen molar-refractivity contribution in [1.29, 1.82) is 0 Å². The lowest BCUT2D eigenvalue weighted by molar-refractivity contribution is -0.340. The molecule has 0 aliphatic carbocycles. The fourth-order valence-corrected chi connectivity index (χ4v) is 7.04. The summed E-state index contributed by atoms with van der Waals surface area (Å²) in [5.41, 5.74) is 4.21. The number of aldehydes is 1. The molecule has 0 saturated heterocycles. The highest BCUT2D eigenvalue weighted by Gasteiger charge is 2.29. The number of hydrogen-bond donors (Lipinski definition) is 2. The van der Waals surface area contributed by atoms with Crippen LogP contribution in [0.4, 0.5) is 0 Å². The van der Waals surface area contributed by atoms with Crippen molar-refractivity contribution in [2.75, 3.05) is 19.8 Å². The summed E-state index contributed by atoms with van der Waals surface area (Å²) in [5, 5.41) is 17.3. The zero-order valence-corrected chi connectivity index (χ0v) is 39.7. The minimum atomic E-state index is -1.41. The van der Waals surface area contributed by atoms with E-state index in [2.05, 4.69) is 44.1 Å². The van der Waals surface area contributed by atoms with Gasteiger partial charge < -0.3 is 41.9 Å². The van der Waals surface area contributed by atoms with Crippen molar-refractivity contribution in [3.05, 3.63) is 100 Å². The third-order valence-electron chi connectivity index (χ3n) is 7.09. The number of nitrogens with zero attached hydrogens (tertiary/aromatic N) is 8. The fourth-order valence-electron chi connectivity index (χ4n) is 4.30. The van der Waals surface area contributed by atoms with E-state index in [9.17, 15) is 19.2 Å². The lowest BCUT2D eigenvalue weighted by Gasteiger charge is -1.98. The van der Waals surface area contributed by atoms with Crippen LogP contribution in [0.3, 0.4) is 0 Å². The highest BCUT2D eigenvalue weighted by Crippen LogP contribution is 2.30. The van der Waals surface area contributed by atoms with E-state index in [1.807, 2.05) is 0 Å². The summed E-state index contributed by atoms with van der Waals surface area (Å²) in [6, 6.07) is 6.40. The van der Waals surface area contributed by atoms with Gasteiger partial charge in [0.1, 0.15) is 23.3 Å². The molecule has 0 fully saturated rings. The van der Waals surface area contributed by atoms with Crippen LogP contribution < -0.4 is 5.46 Å². The first-order chi connectivity index (χ1) is 31.8. The first-order valence-electron chi connectivity index (χ1n) is 18.2. The van der Waals surface area contributed by atoms with E-state index in [4.69, 9.17) is 72.0 Å². The molecule has 8 aromatic heterocycles. The third-order valence-corrected chi connectivity index (χ3v) is 10.1. The molecule has 0 saturated carbocycles. The zero-order valence-electron chi connectivity index (χ0n) is 34.2. The van der Waals surface area contributed by atoms with Gasteiger partial charge in [0.15, 0.2) is 28.0 Å². The molecule has 0 radical (unpaired) electrons. The van der Waals surface area contributed by atoms with Gasteiger partial charge in [0.25, 0.3) is 5.69 Å². The number of carbonyl (C=O) groups excluding carboxylic acids is 5. The van der Waals surface area contributed by atoms with E-state index < -0.39 is 31.0 Å². The molecule has 0 spiro atoms. The standard InChI is InChI=1S/C9H7ClN2O3S.C9H6ClN2O3S.C9H8N2O3S.C5H5ClN2O2S.C4H5BO3/c1-2-14-9(13)8-7(11-16-12-8)5-3-6(10)15-4-5;1-2-14-9(13)7-6(11-16-12-7)5-3-4-15-8(5)10;1-2-14-9(12)8-7(10-15-11-8)6-3-4-13-5-6;1-2-10-5(9)3-4(6)8-11-7-3;6-5(7)4-1-2-8-3-4/h3-4H,2H2,1H3;2-4H,1H3;3-5H,2H2,1H3;2H2,1H3;1-3,6-7H/q;+1;;;. The molecular formula is C36H31BCl3N8O14S4+. The van der Waals surface area contributed by atoms with Crippen LogP contribution in [0.25, 0.3) is 33.8 Å². The van der Waals surface area contributed by atoms with Gasteiger partial charge in [-0.3, -0.25) is 4.42 Å². The van der Waals surface area contributed by atoms with Crippen molar-refractivity contribution in [3.63, 3.8) is 0 Å². The summed E-state index contributed by atoms with van der Waals surface area (Å²) < 4.78 is 69.4. The van der Waals surface area contributed by atoms with E-state index in [1.54, 1.807) is 45.9 Å². The summed E-state index contributed by atoms with van der Waals surface area (Å²) in [6.07, 6.45) is 9.81. The molecule has 8 rings (SSSR count). The van der Waals surface area contributed by atoms with E-state index in [0.29, 0.717) is 53.5 Å². The molecule has 2 N–H and O–H groups in total. The predicted octanol–water partition coefficient (Wildman–Crippen LogP) is 7.28. The molecule has 22 nitrogen and oxygen atoms in total. The number of hydrogen-bond acceptors (Lipinski definition) is 25. The van der Waals surface area contributed by atoms with Crippen LogP contribution in [-0.2, 0) is 18.6 Å². The van der Waals surface area contributed by atoms with Gasteiger partial charge in [0.05, 0.1) is 108 Å². The average molecular weight is 1050 g/mol.